The van der Waals surface area contributed by atoms with E-state index >= 15 is 0 Å². The van der Waals surface area contributed by atoms with Gasteiger partial charge in [-0.3, -0.25) is 0 Å². The van der Waals surface area contributed by atoms with Crippen LogP contribution < -0.4 is 4.90 Å². The average molecular weight is 524 g/mol. The molecule has 1 aliphatic heterocycles. The molecule has 198 valence electrons. The Morgan fingerprint density at radius 1 is 1.14 bits per heavy atom. The number of ether oxygens (including phenoxy) is 1. The van der Waals surface area contributed by atoms with E-state index in [4.69, 9.17) is 4.74 Å². The zero-order chi connectivity index (χ0) is 26.7. The molecule has 0 saturated carbocycles. The molecule has 0 radical (unpaired) electrons. The van der Waals surface area contributed by atoms with E-state index < -0.39 is 14.0 Å². The predicted molar refractivity (Wildman–Crippen MR) is 149 cm³/mol. The summed E-state index contributed by atoms with van der Waals surface area (Å²) >= 11 is 0. The highest BCUT2D eigenvalue weighted by Crippen LogP contribution is 2.37. The lowest BCUT2D eigenvalue weighted by Gasteiger charge is -2.35. The first-order valence-corrected chi connectivity index (χ1v) is 16.7. The van der Waals surface area contributed by atoms with E-state index in [1.165, 1.54) is 11.8 Å². The molecule has 0 atom stereocenters. The fourth-order valence-corrected chi connectivity index (χ4v) is 5.80. The number of hydrogen-bond acceptors (Lipinski definition) is 4. The zero-order valence-electron chi connectivity index (χ0n) is 22.6. The number of halogens is 1. The van der Waals surface area contributed by atoms with Gasteiger partial charge in [0.1, 0.15) is 12.5 Å². The van der Waals surface area contributed by atoms with E-state index in [1.54, 1.807) is 25.1 Å². The first-order valence-electron chi connectivity index (χ1n) is 13.0. The molecule has 0 bridgehead atoms. The van der Waals surface area contributed by atoms with E-state index in [0.717, 1.165) is 61.1 Å². The van der Waals surface area contributed by atoms with Gasteiger partial charge in [0.25, 0.3) is 0 Å². The molecule has 0 spiro atoms. The highest BCUT2D eigenvalue weighted by Gasteiger charge is 2.27. The van der Waals surface area contributed by atoms with Gasteiger partial charge in [-0.2, -0.15) is 0 Å². The molecule has 2 heterocycles. The number of piperidine rings is 1. The maximum atomic E-state index is 13.9. The molecule has 0 amide bonds. The molecule has 37 heavy (non-hydrogen) atoms. The summed E-state index contributed by atoms with van der Waals surface area (Å²) in [5.74, 6) is -0.838. The van der Waals surface area contributed by atoms with Gasteiger partial charge in [-0.15, -0.1) is 0 Å². The normalized spacial score (nSPS) is 14.8. The minimum Gasteiger partial charge on any atom is -0.478 e. The maximum Gasteiger partial charge on any atom is 0.335 e. The standard InChI is InChI=1S/C29H38FN3O3Si/c1-20-16-23(7-9-26(20)30)25-8-6-24(29(34)35)17-27(25)32-12-10-22(11-13-32)28-21(2)31-18-33(28)19-36-14-15-37(3,4)5/h6-9,16-18,22H,10-15,19H2,1-5H3,(H,34,35). The molecule has 0 unspecified atom stereocenters. The summed E-state index contributed by atoms with van der Waals surface area (Å²) in [5, 5.41) is 9.62. The van der Waals surface area contributed by atoms with Gasteiger partial charge in [-0.05, 0) is 68.1 Å². The molecule has 1 aromatic heterocycles. The summed E-state index contributed by atoms with van der Waals surface area (Å²) in [6, 6.07) is 11.4. The molecule has 2 aromatic carbocycles. The van der Waals surface area contributed by atoms with Crippen molar-refractivity contribution in [2.45, 2.75) is 65.0 Å². The van der Waals surface area contributed by atoms with Crippen LogP contribution >= 0.6 is 0 Å². The quantitative estimate of drug-likeness (QED) is 0.250. The molecule has 8 heteroatoms. The molecule has 0 aliphatic carbocycles. The lowest BCUT2D eigenvalue weighted by Crippen LogP contribution is -2.34. The van der Waals surface area contributed by atoms with Crippen LogP contribution in [0.15, 0.2) is 42.7 Å². The van der Waals surface area contributed by atoms with Gasteiger partial charge in [0.05, 0.1) is 17.6 Å². The van der Waals surface area contributed by atoms with Crippen molar-refractivity contribution in [3.05, 3.63) is 71.1 Å². The number of aryl methyl sites for hydroxylation is 2. The summed E-state index contributed by atoms with van der Waals surface area (Å²) in [5.41, 5.74) is 5.79. The minimum atomic E-state index is -1.13. The van der Waals surface area contributed by atoms with Gasteiger partial charge >= 0.3 is 5.97 Å². The number of carbonyl (C=O) groups is 1. The number of anilines is 1. The van der Waals surface area contributed by atoms with E-state index in [2.05, 4.69) is 41.0 Å². The van der Waals surface area contributed by atoms with Crippen molar-refractivity contribution in [1.29, 1.82) is 0 Å². The van der Waals surface area contributed by atoms with Crippen molar-refractivity contribution in [3.63, 3.8) is 0 Å². The third-order valence-corrected chi connectivity index (χ3v) is 8.94. The van der Waals surface area contributed by atoms with Crippen molar-refractivity contribution in [2.75, 3.05) is 24.6 Å². The largest absolute Gasteiger partial charge is 0.478 e. The van der Waals surface area contributed by atoms with Crippen LogP contribution in [-0.4, -0.2) is 48.4 Å². The van der Waals surface area contributed by atoms with Gasteiger partial charge in [-0.25, -0.2) is 14.2 Å². The molecule has 3 aromatic rings. The monoisotopic (exact) mass is 523 g/mol. The van der Waals surface area contributed by atoms with E-state index in [9.17, 15) is 14.3 Å². The van der Waals surface area contributed by atoms with Gasteiger partial charge in [-0.1, -0.05) is 31.8 Å². The number of carboxylic acid groups (broad SMARTS) is 1. The SMILES string of the molecule is Cc1cc(-c2ccc(C(=O)O)cc2N2CCC(c3c(C)ncn3COCC[Si](C)(C)C)CC2)ccc1F. The van der Waals surface area contributed by atoms with Gasteiger partial charge < -0.3 is 19.3 Å². The molecular weight excluding hydrogens is 485 g/mol. The summed E-state index contributed by atoms with van der Waals surface area (Å²) in [7, 11) is -1.13. The summed E-state index contributed by atoms with van der Waals surface area (Å²) in [6.45, 7) is 13.8. The first kappa shape index (κ1) is 27.1. The fraction of sp³-hybridized carbons (Fsp3) is 0.448. The third-order valence-electron chi connectivity index (χ3n) is 7.23. The van der Waals surface area contributed by atoms with E-state index in [1.807, 2.05) is 18.5 Å². The Kier molecular flexibility index (Phi) is 8.19. The fourth-order valence-electron chi connectivity index (χ4n) is 5.04. The lowest BCUT2D eigenvalue weighted by molar-refractivity contribution is 0.0697. The highest BCUT2D eigenvalue weighted by molar-refractivity contribution is 6.76. The van der Waals surface area contributed by atoms with E-state index in [0.29, 0.717) is 18.2 Å². The second-order valence-corrected chi connectivity index (χ2v) is 16.9. The van der Waals surface area contributed by atoms with Crippen LogP contribution in [0.2, 0.25) is 25.7 Å². The van der Waals surface area contributed by atoms with Crippen molar-refractivity contribution < 1.29 is 19.0 Å². The number of rotatable bonds is 9. The van der Waals surface area contributed by atoms with Crippen LogP contribution in [-0.2, 0) is 11.5 Å². The predicted octanol–water partition coefficient (Wildman–Crippen LogP) is 6.70. The van der Waals surface area contributed by atoms with Crippen LogP contribution in [0, 0.1) is 19.7 Å². The Hall–Kier alpha value is -2.97. The van der Waals surface area contributed by atoms with Crippen LogP contribution in [0.3, 0.4) is 0 Å². The van der Waals surface area contributed by atoms with Gasteiger partial charge in [0, 0.05) is 50.6 Å². The number of hydrogen-bond donors (Lipinski definition) is 1. The number of aromatic nitrogens is 2. The lowest BCUT2D eigenvalue weighted by atomic mass is 9.90. The summed E-state index contributed by atoms with van der Waals surface area (Å²) in [4.78, 5) is 18.6. The van der Waals surface area contributed by atoms with Crippen LogP contribution in [0.1, 0.15) is 46.1 Å². The van der Waals surface area contributed by atoms with Crippen molar-refractivity contribution in [3.8, 4) is 11.1 Å². The Morgan fingerprint density at radius 3 is 2.51 bits per heavy atom. The molecule has 1 fully saturated rings. The Labute approximate surface area is 220 Å². The van der Waals surface area contributed by atoms with Crippen molar-refractivity contribution in [1.82, 2.24) is 9.55 Å². The number of imidazole rings is 1. The first-order chi connectivity index (χ1) is 17.5. The number of carboxylic acids is 1. The molecule has 4 rings (SSSR count). The molecule has 1 saturated heterocycles. The molecule has 6 nitrogen and oxygen atoms in total. The minimum absolute atomic E-state index is 0.246. The number of nitrogens with zero attached hydrogens (tertiary/aromatic N) is 3. The highest BCUT2D eigenvalue weighted by atomic mass is 28.3. The smallest absolute Gasteiger partial charge is 0.335 e. The van der Waals surface area contributed by atoms with Crippen LogP contribution in [0.25, 0.3) is 11.1 Å². The van der Waals surface area contributed by atoms with Gasteiger partial charge in [0.15, 0.2) is 0 Å². The Bertz CT molecular complexity index is 1260. The molecule has 1 N–H and O–H groups in total. The number of aromatic carboxylic acids is 1. The van der Waals surface area contributed by atoms with E-state index in [-0.39, 0.29) is 11.4 Å². The number of benzene rings is 2. The van der Waals surface area contributed by atoms with Crippen molar-refractivity contribution in [2.24, 2.45) is 0 Å². The second-order valence-electron chi connectivity index (χ2n) is 11.3. The summed E-state index contributed by atoms with van der Waals surface area (Å²) in [6.07, 6.45) is 3.75. The second kappa shape index (κ2) is 11.2. The van der Waals surface area contributed by atoms with Crippen LogP contribution in [0.4, 0.5) is 10.1 Å². The average Bonchev–Trinajstić information content (AvgIpc) is 3.22. The summed E-state index contributed by atoms with van der Waals surface area (Å²) < 4.78 is 22.1. The van der Waals surface area contributed by atoms with Crippen molar-refractivity contribution >= 4 is 19.7 Å². The Morgan fingerprint density at radius 2 is 1.86 bits per heavy atom. The maximum absolute atomic E-state index is 13.9. The van der Waals surface area contributed by atoms with Crippen LogP contribution in [0.5, 0.6) is 0 Å². The molecule has 1 aliphatic rings. The topological polar surface area (TPSA) is 67.6 Å². The third kappa shape index (κ3) is 6.48. The Balaban J connectivity index is 1.52. The molecular formula is C29H38FN3O3Si. The zero-order valence-corrected chi connectivity index (χ0v) is 23.6. The van der Waals surface area contributed by atoms with Gasteiger partial charge in [0.2, 0.25) is 0 Å².